The Balaban J connectivity index is 2.08. The van der Waals surface area contributed by atoms with E-state index in [9.17, 15) is 30.0 Å². The largest absolute Gasteiger partial charge is 0.417 e. The molecule has 0 spiro atoms. The summed E-state index contributed by atoms with van der Waals surface area (Å²) in [4.78, 5) is 1.87. The summed E-state index contributed by atoms with van der Waals surface area (Å²) in [5, 5.41) is 0. The van der Waals surface area contributed by atoms with Crippen molar-refractivity contribution in [3.63, 3.8) is 0 Å². The standard InChI is InChI=1S/C19H15F3N2O4S2/c20-19(21,22)17-7-6-16(29(25,26)15-4-2-1-3-5-15)12-18(17)30(27,28)24-13-14-8-10-23-11-9-14/h1-12,24H,13H2. The molecular weight excluding hydrogens is 441 g/mol. The van der Waals surface area contributed by atoms with Crippen LogP contribution in [0.4, 0.5) is 13.2 Å². The molecule has 6 nitrogen and oxygen atoms in total. The first-order chi connectivity index (χ1) is 14.0. The van der Waals surface area contributed by atoms with Gasteiger partial charge in [0.05, 0.1) is 20.2 Å². The summed E-state index contributed by atoms with van der Waals surface area (Å²) in [5.74, 6) is 0. The average molecular weight is 456 g/mol. The number of sulfonamides is 1. The third kappa shape index (κ3) is 4.69. The molecule has 0 saturated carbocycles. The van der Waals surface area contributed by atoms with Gasteiger partial charge in [0.25, 0.3) is 0 Å². The molecule has 0 fully saturated rings. The van der Waals surface area contributed by atoms with Crippen molar-refractivity contribution in [3.8, 4) is 0 Å². The summed E-state index contributed by atoms with van der Waals surface area (Å²) >= 11 is 0. The molecule has 0 aliphatic heterocycles. The number of benzene rings is 2. The quantitative estimate of drug-likeness (QED) is 0.614. The minimum Gasteiger partial charge on any atom is -0.265 e. The van der Waals surface area contributed by atoms with Crippen molar-refractivity contribution in [2.75, 3.05) is 0 Å². The first-order valence-electron chi connectivity index (χ1n) is 8.42. The Morgan fingerprint density at radius 3 is 2.07 bits per heavy atom. The molecule has 0 aliphatic rings. The van der Waals surface area contributed by atoms with Crippen LogP contribution < -0.4 is 4.72 Å². The summed E-state index contributed by atoms with van der Waals surface area (Å²) < 4.78 is 93.2. The van der Waals surface area contributed by atoms with Crippen LogP contribution in [-0.4, -0.2) is 21.8 Å². The maximum atomic E-state index is 13.4. The normalized spacial score (nSPS) is 12.6. The van der Waals surface area contributed by atoms with Gasteiger partial charge < -0.3 is 0 Å². The summed E-state index contributed by atoms with van der Waals surface area (Å²) in [5.41, 5.74) is -0.994. The smallest absolute Gasteiger partial charge is 0.265 e. The Bertz CT molecular complexity index is 1250. The molecule has 1 aromatic heterocycles. The van der Waals surface area contributed by atoms with E-state index >= 15 is 0 Å². The molecule has 0 atom stereocenters. The first kappa shape index (κ1) is 21.9. The summed E-state index contributed by atoms with van der Waals surface area (Å²) in [6.07, 6.45) is -2.20. The maximum absolute atomic E-state index is 13.4. The van der Waals surface area contributed by atoms with Crippen molar-refractivity contribution >= 4 is 19.9 Å². The third-order valence-corrected chi connectivity index (χ3v) is 7.34. The fourth-order valence-electron chi connectivity index (χ4n) is 2.62. The Morgan fingerprint density at radius 1 is 0.833 bits per heavy atom. The van der Waals surface area contributed by atoms with E-state index in [0.29, 0.717) is 17.7 Å². The van der Waals surface area contributed by atoms with Gasteiger partial charge in [0.15, 0.2) is 0 Å². The van der Waals surface area contributed by atoms with Gasteiger partial charge in [0.2, 0.25) is 19.9 Å². The SMILES string of the molecule is O=S(=O)(NCc1ccncc1)c1cc(S(=O)(=O)c2ccccc2)ccc1C(F)(F)F. The highest BCUT2D eigenvalue weighted by atomic mass is 32.2. The van der Waals surface area contributed by atoms with Gasteiger partial charge in [-0.2, -0.15) is 13.2 Å². The Kier molecular flexibility index (Phi) is 5.97. The van der Waals surface area contributed by atoms with Crippen molar-refractivity contribution in [1.82, 2.24) is 9.71 Å². The van der Waals surface area contributed by atoms with Crippen LogP contribution >= 0.6 is 0 Å². The van der Waals surface area contributed by atoms with Gasteiger partial charge in [-0.1, -0.05) is 18.2 Å². The number of nitrogens with zero attached hydrogens (tertiary/aromatic N) is 1. The van der Waals surface area contributed by atoms with E-state index in [1.807, 2.05) is 0 Å². The fourth-order valence-corrected chi connectivity index (χ4v) is 5.27. The van der Waals surface area contributed by atoms with Gasteiger partial charge in [-0.3, -0.25) is 4.98 Å². The molecule has 3 rings (SSSR count). The van der Waals surface area contributed by atoms with Crippen LogP contribution in [-0.2, 0) is 32.6 Å². The van der Waals surface area contributed by atoms with Crippen molar-refractivity contribution in [2.45, 2.75) is 27.4 Å². The lowest BCUT2D eigenvalue weighted by Gasteiger charge is -2.15. The Labute approximate surface area is 171 Å². The van der Waals surface area contributed by atoms with Crippen LogP contribution in [0.2, 0.25) is 0 Å². The number of rotatable bonds is 6. The molecule has 30 heavy (non-hydrogen) atoms. The monoisotopic (exact) mass is 456 g/mol. The van der Waals surface area contributed by atoms with E-state index in [4.69, 9.17) is 0 Å². The number of sulfone groups is 1. The predicted molar refractivity (Wildman–Crippen MR) is 102 cm³/mol. The summed E-state index contributed by atoms with van der Waals surface area (Å²) in [7, 11) is -8.91. The topological polar surface area (TPSA) is 93.2 Å². The van der Waals surface area contributed by atoms with Gasteiger partial charge in [0.1, 0.15) is 0 Å². The van der Waals surface area contributed by atoms with Crippen LogP contribution in [0.5, 0.6) is 0 Å². The number of aromatic nitrogens is 1. The molecule has 0 bridgehead atoms. The summed E-state index contributed by atoms with van der Waals surface area (Å²) in [6.45, 7) is -0.294. The van der Waals surface area contributed by atoms with Crippen molar-refractivity contribution in [2.24, 2.45) is 0 Å². The Morgan fingerprint density at radius 2 is 1.47 bits per heavy atom. The van der Waals surface area contributed by atoms with E-state index in [1.165, 1.54) is 48.8 Å². The zero-order valence-electron chi connectivity index (χ0n) is 15.2. The molecule has 158 valence electrons. The van der Waals surface area contributed by atoms with Crippen molar-refractivity contribution < 1.29 is 30.0 Å². The molecular formula is C19H15F3N2O4S2. The van der Waals surface area contributed by atoms with Crippen molar-refractivity contribution in [3.05, 3.63) is 84.2 Å². The van der Waals surface area contributed by atoms with Crippen LogP contribution in [0.1, 0.15) is 11.1 Å². The molecule has 1 N–H and O–H groups in total. The van der Waals surface area contributed by atoms with E-state index in [2.05, 4.69) is 9.71 Å². The second-order valence-electron chi connectivity index (χ2n) is 6.15. The number of nitrogens with one attached hydrogen (secondary N) is 1. The first-order valence-corrected chi connectivity index (χ1v) is 11.4. The molecule has 0 radical (unpaired) electrons. The molecule has 0 saturated heterocycles. The minimum absolute atomic E-state index is 0.169. The molecule has 11 heteroatoms. The average Bonchev–Trinajstić information content (AvgIpc) is 2.72. The number of hydrogen-bond donors (Lipinski definition) is 1. The number of pyridine rings is 1. The third-order valence-electron chi connectivity index (χ3n) is 4.13. The van der Waals surface area contributed by atoms with E-state index in [1.54, 1.807) is 6.07 Å². The highest BCUT2D eigenvalue weighted by Crippen LogP contribution is 2.36. The maximum Gasteiger partial charge on any atom is 0.417 e. The van der Waals surface area contributed by atoms with E-state index < -0.39 is 41.4 Å². The molecule has 0 aliphatic carbocycles. The molecule has 3 aromatic rings. The number of halogens is 3. The second kappa shape index (κ2) is 8.17. The lowest BCUT2D eigenvalue weighted by molar-refractivity contribution is -0.139. The predicted octanol–water partition coefficient (Wildman–Crippen LogP) is 3.41. The lowest BCUT2D eigenvalue weighted by atomic mass is 10.2. The molecule has 0 unspecified atom stereocenters. The molecule has 0 amide bonds. The molecule has 1 heterocycles. The van der Waals surface area contributed by atoms with Gasteiger partial charge in [-0.15, -0.1) is 0 Å². The van der Waals surface area contributed by atoms with Crippen molar-refractivity contribution in [1.29, 1.82) is 0 Å². The Hall–Kier alpha value is -2.76. The highest BCUT2D eigenvalue weighted by Gasteiger charge is 2.38. The lowest BCUT2D eigenvalue weighted by Crippen LogP contribution is -2.26. The highest BCUT2D eigenvalue weighted by molar-refractivity contribution is 7.91. The number of alkyl halides is 3. The van der Waals surface area contributed by atoms with Crippen LogP contribution in [0.15, 0.2) is 87.7 Å². The van der Waals surface area contributed by atoms with Gasteiger partial charge in [-0.05, 0) is 48.0 Å². The molecule has 2 aromatic carbocycles. The second-order valence-corrected chi connectivity index (χ2v) is 9.84. The number of hydrogen-bond acceptors (Lipinski definition) is 5. The minimum atomic E-state index is -5.00. The van der Waals surface area contributed by atoms with Crippen LogP contribution in [0.3, 0.4) is 0 Å². The van der Waals surface area contributed by atoms with Gasteiger partial charge >= 0.3 is 6.18 Å². The fraction of sp³-hybridized carbons (Fsp3) is 0.105. The van der Waals surface area contributed by atoms with Crippen LogP contribution in [0.25, 0.3) is 0 Å². The van der Waals surface area contributed by atoms with Crippen LogP contribution in [0, 0.1) is 0 Å². The summed E-state index contributed by atoms with van der Waals surface area (Å²) in [6, 6.07) is 11.7. The van der Waals surface area contributed by atoms with Gasteiger partial charge in [-0.25, -0.2) is 21.6 Å². The zero-order chi connectivity index (χ0) is 22.0. The van der Waals surface area contributed by atoms with Gasteiger partial charge in [0, 0.05) is 18.9 Å². The van der Waals surface area contributed by atoms with E-state index in [-0.39, 0.29) is 11.4 Å². The zero-order valence-corrected chi connectivity index (χ0v) is 16.8. The van der Waals surface area contributed by atoms with E-state index in [0.717, 1.165) is 6.07 Å².